The topological polar surface area (TPSA) is 87.7 Å². The molecule has 0 radical (unpaired) electrons. The Morgan fingerprint density at radius 2 is 2.16 bits per heavy atom. The number of carboxylic acids is 1. The number of urea groups is 1. The van der Waals surface area contributed by atoms with Crippen molar-refractivity contribution in [1.82, 2.24) is 10.6 Å². The third-order valence-corrected chi connectivity index (χ3v) is 3.52. The highest BCUT2D eigenvalue weighted by Gasteiger charge is 2.27. The van der Waals surface area contributed by atoms with E-state index in [1.807, 2.05) is 6.92 Å². The Morgan fingerprint density at radius 1 is 1.42 bits per heavy atom. The molecule has 0 aliphatic carbocycles. The maximum absolute atomic E-state index is 11.7. The first-order chi connectivity index (χ1) is 9.06. The lowest BCUT2D eigenvalue weighted by Crippen LogP contribution is -2.44. The number of ether oxygens (including phenoxy) is 1. The third kappa shape index (κ3) is 5.46. The molecule has 0 aromatic carbocycles. The SMILES string of the molecule is CCC(CC(=O)O)NC(=O)NCC1CCOC1CC. The predicted octanol–water partition coefficient (Wildman–Crippen LogP) is 1.35. The van der Waals surface area contributed by atoms with Gasteiger partial charge in [0.05, 0.1) is 12.5 Å². The molecule has 1 aliphatic rings. The fourth-order valence-electron chi connectivity index (χ4n) is 2.35. The van der Waals surface area contributed by atoms with Crippen LogP contribution < -0.4 is 10.6 Å². The quantitative estimate of drug-likeness (QED) is 0.653. The number of carbonyl (C=O) groups is 2. The van der Waals surface area contributed by atoms with E-state index in [-0.39, 0.29) is 24.6 Å². The minimum atomic E-state index is -0.901. The van der Waals surface area contributed by atoms with Gasteiger partial charge in [0.2, 0.25) is 0 Å². The molecule has 0 bridgehead atoms. The molecule has 0 aromatic rings. The number of amides is 2. The van der Waals surface area contributed by atoms with Crippen LogP contribution in [0.1, 0.15) is 39.5 Å². The lowest BCUT2D eigenvalue weighted by molar-refractivity contribution is -0.137. The van der Waals surface area contributed by atoms with Gasteiger partial charge in [0.1, 0.15) is 0 Å². The van der Waals surface area contributed by atoms with E-state index in [0.717, 1.165) is 19.4 Å². The van der Waals surface area contributed by atoms with Crippen LogP contribution in [0.3, 0.4) is 0 Å². The first-order valence-electron chi connectivity index (χ1n) is 6.94. The molecule has 0 aromatic heterocycles. The molecular weight excluding hydrogens is 248 g/mol. The zero-order valence-electron chi connectivity index (χ0n) is 11.6. The number of carboxylic acid groups (broad SMARTS) is 1. The molecule has 1 fully saturated rings. The van der Waals surface area contributed by atoms with Crippen molar-refractivity contribution in [2.45, 2.75) is 51.7 Å². The summed E-state index contributed by atoms with van der Waals surface area (Å²) in [5, 5.41) is 14.2. The van der Waals surface area contributed by atoms with E-state index in [1.54, 1.807) is 0 Å². The number of rotatable bonds is 7. The van der Waals surface area contributed by atoms with Crippen LogP contribution in [-0.4, -0.2) is 42.4 Å². The van der Waals surface area contributed by atoms with Crippen molar-refractivity contribution in [3.05, 3.63) is 0 Å². The summed E-state index contributed by atoms with van der Waals surface area (Å²) in [6.45, 7) is 5.26. The number of nitrogens with one attached hydrogen (secondary N) is 2. The molecule has 1 heterocycles. The fraction of sp³-hybridized carbons (Fsp3) is 0.846. The lowest BCUT2D eigenvalue weighted by Gasteiger charge is -2.19. The maximum atomic E-state index is 11.7. The molecule has 2 amide bonds. The number of carbonyl (C=O) groups excluding carboxylic acids is 1. The van der Waals surface area contributed by atoms with Gasteiger partial charge >= 0.3 is 12.0 Å². The van der Waals surface area contributed by atoms with Crippen LogP contribution in [0, 0.1) is 5.92 Å². The Kier molecular flexibility index (Phi) is 6.62. The summed E-state index contributed by atoms with van der Waals surface area (Å²) in [7, 11) is 0. The fourth-order valence-corrected chi connectivity index (χ4v) is 2.35. The van der Waals surface area contributed by atoms with E-state index >= 15 is 0 Å². The molecule has 3 unspecified atom stereocenters. The van der Waals surface area contributed by atoms with Crippen molar-refractivity contribution >= 4 is 12.0 Å². The standard InChI is InChI=1S/C13H24N2O4/c1-3-10(7-12(16)17)15-13(18)14-8-9-5-6-19-11(9)4-2/h9-11H,3-8H2,1-2H3,(H,16,17)(H2,14,15,18). The third-order valence-electron chi connectivity index (χ3n) is 3.52. The Hall–Kier alpha value is -1.30. The van der Waals surface area contributed by atoms with Crippen molar-refractivity contribution in [2.75, 3.05) is 13.2 Å². The summed E-state index contributed by atoms with van der Waals surface area (Å²) in [6.07, 6.45) is 2.69. The van der Waals surface area contributed by atoms with Crippen molar-refractivity contribution in [2.24, 2.45) is 5.92 Å². The van der Waals surface area contributed by atoms with Gasteiger partial charge < -0.3 is 20.5 Å². The molecule has 6 nitrogen and oxygen atoms in total. The summed E-state index contributed by atoms with van der Waals surface area (Å²) in [6, 6.07) is -0.617. The highest BCUT2D eigenvalue weighted by molar-refractivity contribution is 5.75. The molecule has 6 heteroatoms. The zero-order chi connectivity index (χ0) is 14.3. The molecule has 110 valence electrons. The number of hydrogen-bond acceptors (Lipinski definition) is 3. The summed E-state index contributed by atoms with van der Waals surface area (Å²) in [5.41, 5.74) is 0. The molecule has 0 saturated carbocycles. The van der Waals surface area contributed by atoms with E-state index in [1.165, 1.54) is 0 Å². The smallest absolute Gasteiger partial charge is 0.315 e. The predicted molar refractivity (Wildman–Crippen MR) is 71.0 cm³/mol. The summed E-state index contributed by atoms with van der Waals surface area (Å²) < 4.78 is 5.55. The Bertz CT molecular complexity index is 309. The summed E-state index contributed by atoms with van der Waals surface area (Å²) in [4.78, 5) is 22.3. The second-order valence-electron chi connectivity index (χ2n) is 4.92. The second kappa shape index (κ2) is 7.99. The van der Waals surface area contributed by atoms with E-state index in [9.17, 15) is 9.59 Å². The van der Waals surface area contributed by atoms with Crippen LogP contribution in [0.2, 0.25) is 0 Å². The molecule has 1 saturated heterocycles. The normalized spacial score (nSPS) is 23.9. The van der Waals surface area contributed by atoms with Gasteiger partial charge in [-0.3, -0.25) is 4.79 Å². The van der Waals surface area contributed by atoms with Crippen LogP contribution in [-0.2, 0) is 9.53 Å². The van der Waals surface area contributed by atoms with Gasteiger partial charge in [0.25, 0.3) is 0 Å². The van der Waals surface area contributed by atoms with Crippen LogP contribution in [0.25, 0.3) is 0 Å². The lowest BCUT2D eigenvalue weighted by atomic mass is 10.00. The zero-order valence-corrected chi connectivity index (χ0v) is 11.6. The average molecular weight is 272 g/mol. The van der Waals surface area contributed by atoms with E-state index in [2.05, 4.69) is 17.6 Å². The Labute approximate surface area is 113 Å². The Morgan fingerprint density at radius 3 is 2.74 bits per heavy atom. The van der Waals surface area contributed by atoms with Gasteiger partial charge in [-0.05, 0) is 19.3 Å². The van der Waals surface area contributed by atoms with Crippen molar-refractivity contribution < 1.29 is 19.4 Å². The maximum Gasteiger partial charge on any atom is 0.315 e. The van der Waals surface area contributed by atoms with Gasteiger partial charge in [-0.25, -0.2) is 4.79 Å². The number of hydrogen-bond donors (Lipinski definition) is 3. The molecule has 3 N–H and O–H groups in total. The van der Waals surface area contributed by atoms with Crippen molar-refractivity contribution in [3.8, 4) is 0 Å². The first kappa shape index (κ1) is 15.8. The minimum absolute atomic E-state index is 0.0476. The van der Waals surface area contributed by atoms with Gasteiger partial charge in [-0.1, -0.05) is 13.8 Å². The highest BCUT2D eigenvalue weighted by atomic mass is 16.5. The second-order valence-corrected chi connectivity index (χ2v) is 4.92. The van der Waals surface area contributed by atoms with Gasteiger partial charge in [-0.15, -0.1) is 0 Å². The first-order valence-corrected chi connectivity index (χ1v) is 6.94. The van der Waals surface area contributed by atoms with Gasteiger partial charge in [-0.2, -0.15) is 0 Å². The Balaban J connectivity index is 2.28. The monoisotopic (exact) mass is 272 g/mol. The largest absolute Gasteiger partial charge is 0.481 e. The number of aliphatic carboxylic acids is 1. The van der Waals surface area contributed by atoms with Gasteiger partial charge in [0, 0.05) is 25.1 Å². The van der Waals surface area contributed by atoms with E-state index in [0.29, 0.717) is 18.9 Å². The van der Waals surface area contributed by atoms with Crippen LogP contribution in [0.15, 0.2) is 0 Å². The van der Waals surface area contributed by atoms with Crippen LogP contribution >= 0.6 is 0 Å². The molecule has 3 atom stereocenters. The van der Waals surface area contributed by atoms with Crippen molar-refractivity contribution in [1.29, 1.82) is 0 Å². The summed E-state index contributed by atoms with van der Waals surface area (Å²) in [5.74, 6) is -0.544. The van der Waals surface area contributed by atoms with Crippen LogP contribution in [0.5, 0.6) is 0 Å². The molecule has 0 spiro atoms. The van der Waals surface area contributed by atoms with Crippen molar-refractivity contribution in [3.63, 3.8) is 0 Å². The average Bonchev–Trinajstić information content (AvgIpc) is 2.82. The molecular formula is C13H24N2O4. The highest BCUT2D eigenvalue weighted by Crippen LogP contribution is 2.22. The van der Waals surface area contributed by atoms with E-state index in [4.69, 9.17) is 9.84 Å². The molecule has 1 rings (SSSR count). The van der Waals surface area contributed by atoms with E-state index < -0.39 is 5.97 Å². The molecule has 1 aliphatic heterocycles. The van der Waals surface area contributed by atoms with Crippen LogP contribution in [0.4, 0.5) is 4.79 Å². The summed E-state index contributed by atoms with van der Waals surface area (Å²) >= 11 is 0. The minimum Gasteiger partial charge on any atom is -0.481 e. The molecule has 19 heavy (non-hydrogen) atoms. The van der Waals surface area contributed by atoms with Gasteiger partial charge in [0.15, 0.2) is 0 Å².